The van der Waals surface area contributed by atoms with E-state index in [1.54, 1.807) is 0 Å². The summed E-state index contributed by atoms with van der Waals surface area (Å²) in [5.74, 6) is -0.410. The molecule has 1 aliphatic heterocycles. The van der Waals surface area contributed by atoms with Gasteiger partial charge in [0.1, 0.15) is 0 Å². The summed E-state index contributed by atoms with van der Waals surface area (Å²) in [5, 5.41) is 4.32. The van der Waals surface area contributed by atoms with Gasteiger partial charge in [-0.2, -0.15) is 0 Å². The summed E-state index contributed by atoms with van der Waals surface area (Å²) < 4.78 is 37.5. The number of ether oxygens (including phenoxy) is 1. The van der Waals surface area contributed by atoms with Gasteiger partial charge in [-0.1, -0.05) is 0 Å². The highest BCUT2D eigenvalue weighted by molar-refractivity contribution is 4.99. The molecule has 2 N–H and O–H groups in total. The third-order valence-corrected chi connectivity index (χ3v) is 0.687. The van der Waals surface area contributed by atoms with Crippen molar-refractivity contribution in [1.29, 1.82) is 0 Å². The zero-order valence-corrected chi connectivity index (χ0v) is 4.62. The Morgan fingerprint density at radius 3 is 2.60 bits per heavy atom. The van der Waals surface area contributed by atoms with Gasteiger partial charge < -0.3 is 15.4 Å². The van der Waals surface area contributed by atoms with Gasteiger partial charge in [-0.3, -0.25) is 0 Å². The van der Waals surface area contributed by atoms with Crippen LogP contribution in [0.2, 0.25) is 0 Å². The molecule has 0 saturated carbocycles. The number of hydrogen-bond donors (Lipinski definition) is 2. The molecule has 2 radical (unpaired) electrons. The van der Waals surface area contributed by atoms with Crippen LogP contribution in [0.4, 0.5) is 13.2 Å². The Morgan fingerprint density at radius 1 is 1.50 bits per heavy atom. The summed E-state index contributed by atoms with van der Waals surface area (Å²) in [5.41, 5.74) is 0. The van der Waals surface area contributed by atoms with Crippen LogP contribution in [0, 0.1) is 6.67 Å². The van der Waals surface area contributed by atoms with Crippen molar-refractivity contribution in [1.82, 2.24) is 10.6 Å². The normalized spacial score (nSPS) is 17.3. The monoisotopic (exact) mass is 152 g/mol. The number of alkyl halides is 3. The van der Waals surface area contributed by atoms with Crippen LogP contribution in [-0.2, 0) is 4.74 Å². The molecule has 0 aromatic heterocycles. The van der Waals surface area contributed by atoms with E-state index in [2.05, 4.69) is 22.0 Å². The molecular weight excluding hydrogens is 149 g/mol. The predicted molar refractivity (Wildman–Crippen MR) is 24.7 cm³/mol. The Morgan fingerprint density at radius 2 is 2.20 bits per heavy atom. The lowest BCUT2D eigenvalue weighted by Gasteiger charge is -2.07. The minimum atomic E-state index is -4.65. The van der Waals surface area contributed by atoms with E-state index in [0.29, 0.717) is 0 Å². The van der Waals surface area contributed by atoms with Crippen molar-refractivity contribution < 1.29 is 17.9 Å². The van der Waals surface area contributed by atoms with Crippen LogP contribution in [0.5, 0.6) is 0 Å². The molecule has 1 heterocycles. The molecule has 0 spiro atoms. The van der Waals surface area contributed by atoms with E-state index in [1.165, 1.54) is 0 Å². The van der Waals surface area contributed by atoms with Gasteiger partial charge in [0.2, 0.25) is 12.6 Å². The second-order valence-corrected chi connectivity index (χ2v) is 1.45. The number of rotatable bonds is 1. The van der Waals surface area contributed by atoms with Gasteiger partial charge >= 0.3 is 6.36 Å². The van der Waals surface area contributed by atoms with Gasteiger partial charge in [0.15, 0.2) is 0 Å². The molecule has 3 nitrogen and oxygen atoms in total. The maximum Gasteiger partial charge on any atom is 0.574 e. The third kappa shape index (κ3) is 2.04. The van der Waals surface area contributed by atoms with Crippen molar-refractivity contribution in [2.24, 2.45) is 0 Å². The maximum atomic E-state index is 11.3. The van der Waals surface area contributed by atoms with Crippen LogP contribution in [0.3, 0.4) is 0 Å². The molecule has 0 aliphatic carbocycles. The van der Waals surface area contributed by atoms with Crippen molar-refractivity contribution in [2.45, 2.75) is 6.36 Å². The van der Waals surface area contributed by atoms with Gasteiger partial charge in [0.05, 0.1) is 6.20 Å². The van der Waals surface area contributed by atoms with E-state index < -0.39 is 12.2 Å². The van der Waals surface area contributed by atoms with Crippen LogP contribution in [0.1, 0.15) is 0 Å². The Hall–Kier alpha value is -1.07. The highest BCUT2D eigenvalue weighted by atomic mass is 19.4. The van der Waals surface area contributed by atoms with Crippen molar-refractivity contribution in [2.75, 3.05) is 0 Å². The second kappa shape index (κ2) is 2.28. The Kier molecular flexibility index (Phi) is 1.60. The van der Waals surface area contributed by atoms with Crippen LogP contribution >= 0.6 is 0 Å². The van der Waals surface area contributed by atoms with Crippen molar-refractivity contribution >= 4 is 0 Å². The predicted octanol–water partition coefficient (Wildman–Crippen LogP) is 0.511. The SMILES string of the molecule is FC(F)(F)OC1=CN[C]N1. The summed E-state index contributed by atoms with van der Waals surface area (Å²) in [4.78, 5) is 0. The molecule has 0 saturated heterocycles. The molecular formula is C4H3F3N2O. The van der Waals surface area contributed by atoms with Crippen LogP contribution in [0.25, 0.3) is 0 Å². The van der Waals surface area contributed by atoms with Gasteiger partial charge in [0, 0.05) is 0 Å². The first-order valence-electron chi connectivity index (χ1n) is 2.30. The first-order chi connectivity index (χ1) is 4.58. The van der Waals surface area contributed by atoms with Gasteiger partial charge in [-0.15, -0.1) is 13.2 Å². The number of halogens is 3. The number of nitrogens with one attached hydrogen (secondary N) is 2. The molecule has 1 aliphatic rings. The fourth-order valence-electron chi connectivity index (χ4n) is 0.415. The van der Waals surface area contributed by atoms with Crippen LogP contribution < -0.4 is 10.6 Å². The topological polar surface area (TPSA) is 33.3 Å². The second-order valence-electron chi connectivity index (χ2n) is 1.45. The summed E-state index contributed by atoms with van der Waals surface area (Å²) >= 11 is 0. The smallest absolute Gasteiger partial charge is 0.389 e. The van der Waals surface area contributed by atoms with E-state index >= 15 is 0 Å². The largest absolute Gasteiger partial charge is 0.574 e. The molecule has 6 heteroatoms. The minimum Gasteiger partial charge on any atom is -0.389 e. The summed E-state index contributed by atoms with van der Waals surface area (Å²) in [6.07, 6.45) is -3.64. The van der Waals surface area contributed by atoms with E-state index in [-0.39, 0.29) is 0 Å². The average Bonchev–Trinajstić information content (AvgIpc) is 2.12. The average molecular weight is 152 g/mol. The molecule has 1 rings (SSSR count). The summed E-state index contributed by atoms with van der Waals surface area (Å²) in [7, 11) is 0. The summed E-state index contributed by atoms with van der Waals surface area (Å²) in [6.45, 7) is 2.18. The van der Waals surface area contributed by atoms with E-state index in [0.717, 1.165) is 6.20 Å². The molecule has 0 bridgehead atoms. The van der Waals surface area contributed by atoms with Crippen LogP contribution in [0.15, 0.2) is 12.1 Å². The fraction of sp³-hybridized carbons (Fsp3) is 0.250. The lowest BCUT2D eigenvalue weighted by Crippen LogP contribution is -2.18. The standard InChI is InChI=1S/C4H3F3N2O/c5-4(6,7)10-3-1-8-2-9-3/h1,8-9H. The lowest BCUT2D eigenvalue weighted by molar-refractivity contribution is -0.307. The highest BCUT2D eigenvalue weighted by Crippen LogP contribution is 2.19. The lowest BCUT2D eigenvalue weighted by atomic mass is 10.8. The zero-order valence-electron chi connectivity index (χ0n) is 4.62. The highest BCUT2D eigenvalue weighted by Gasteiger charge is 2.32. The van der Waals surface area contributed by atoms with Gasteiger partial charge in [-0.05, 0) is 0 Å². The molecule has 0 unspecified atom stereocenters. The van der Waals surface area contributed by atoms with E-state index in [1.807, 2.05) is 0 Å². The van der Waals surface area contributed by atoms with Crippen molar-refractivity contribution in [3.05, 3.63) is 18.8 Å². The van der Waals surface area contributed by atoms with E-state index in [9.17, 15) is 13.2 Å². The summed E-state index contributed by atoms with van der Waals surface area (Å²) in [6, 6.07) is 0. The first-order valence-corrected chi connectivity index (χ1v) is 2.30. The molecule has 0 atom stereocenters. The van der Waals surface area contributed by atoms with E-state index in [4.69, 9.17) is 0 Å². The zero-order chi connectivity index (χ0) is 7.61. The molecule has 0 aromatic rings. The quantitative estimate of drug-likeness (QED) is 0.574. The minimum absolute atomic E-state index is 0.410. The molecule has 0 aromatic carbocycles. The molecule has 0 amide bonds. The van der Waals surface area contributed by atoms with Crippen molar-refractivity contribution in [3.8, 4) is 0 Å². The molecule has 0 fully saturated rings. The fourth-order valence-corrected chi connectivity index (χ4v) is 0.415. The van der Waals surface area contributed by atoms with Gasteiger partial charge in [-0.25, -0.2) is 0 Å². The first kappa shape index (κ1) is 7.04. The van der Waals surface area contributed by atoms with Crippen LogP contribution in [-0.4, -0.2) is 6.36 Å². The number of hydrogen-bond acceptors (Lipinski definition) is 3. The maximum absolute atomic E-state index is 11.3. The Balaban J connectivity index is 2.38. The Bertz CT molecular complexity index is 153. The Labute approximate surface area is 54.8 Å². The molecule has 10 heavy (non-hydrogen) atoms. The molecule has 56 valence electrons. The van der Waals surface area contributed by atoms with Gasteiger partial charge in [0.25, 0.3) is 0 Å². The van der Waals surface area contributed by atoms with Crippen molar-refractivity contribution in [3.63, 3.8) is 0 Å². The third-order valence-electron chi connectivity index (χ3n) is 0.687.